The molecule has 38 heavy (non-hydrogen) atoms. The molecule has 200 valence electrons. The maximum absolute atomic E-state index is 15.9. The monoisotopic (exact) mass is 583 g/mol. The predicted octanol–water partition coefficient (Wildman–Crippen LogP) is 5.64. The van der Waals surface area contributed by atoms with Gasteiger partial charge in [-0.15, -0.1) is 0 Å². The number of hydrogen-bond acceptors (Lipinski definition) is 5. The van der Waals surface area contributed by atoms with Gasteiger partial charge in [0.25, 0.3) is 0 Å². The van der Waals surface area contributed by atoms with Crippen LogP contribution in [0.3, 0.4) is 0 Å². The fraction of sp³-hybridized carbons (Fsp3) is 0.536. The Balaban J connectivity index is 1.56. The highest BCUT2D eigenvalue weighted by atomic mass is 79.9. The van der Waals surface area contributed by atoms with E-state index in [4.69, 9.17) is 15.0 Å². The van der Waals surface area contributed by atoms with E-state index in [1.807, 2.05) is 26.0 Å². The van der Waals surface area contributed by atoms with Crippen LogP contribution in [0.25, 0.3) is 21.8 Å². The van der Waals surface area contributed by atoms with E-state index in [-0.39, 0.29) is 42.1 Å². The first kappa shape index (κ1) is 25.4. The smallest absolute Gasteiger partial charge is 0.407 e. The number of nitriles is 1. The number of pyridine rings is 1. The van der Waals surface area contributed by atoms with E-state index < -0.39 is 11.9 Å². The first-order valence-electron chi connectivity index (χ1n) is 13.3. The molecule has 2 aromatic heterocycles. The van der Waals surface area contributed by atoms with Crippen molar-refractivity contribution in [1.82, 2.24) is 19.4 Å². The second kappa shape index (κ2) is 9.38. The molecule has 5 atom stereocenters. The molecule has 3 aromatic rings. The SMILES string of the molecule is Cc1cc2c(O[C@@H](C)C3CCCN3C)nc3c(F)c(Br)c(CCC#N)cc3c2n1[C@H]1[C@@H]2C[C@H]1N(C(=O)O)C2. The summed E-state index contributed by atoms with van der Waals surface area (Å²) in [5, 5.41) is 20.4. The molecule has 5 heterocycles. The highest BCUT2D eigenvalue weighted by Gasteiger charge is 2.55. The Labute approximate surface area is 229 Å². The van der Waals surface area contributed by atoms with Crippen molar-refractivity contribution in [3.05, 3.63) is 33.7 Å². The summed E-state index contributed by atoms with van der Waals surface area (Å²) in [7, 11) is 2.10. The third-order valence-electron chi connectivity index (χ3n) is 8.90. The van der Waals surface area contributed by atoms with Gasteiger partial charge in [-0.2, -0.15) is 5.26 Å². The summed E-state index contributed by atoms with van der Waals surface area (Å²) in [4.78, 5) is 20.5. The third-order valence-corrected chi connectivity index (χ3v) is 9.76. The molecule has 3 saturated heterocycles. The van der Waals surface area contributed by atoms with Gasteiger partial charge in [0.15, 0.2) is 5.82 Å². The summed E-state index contributed by atoms with van der Waals surface area (Å²) in [6.07, 6.45) is 2.64. The zero-order valence-electron chi connectivity index (χ0n) is 21.7. The number of carbonyl (C=O) groups is 1. The third kappa shape index (κ3) is 3.77. The van der Waals surface area contributed by atoms with E-state index in [2.05, 4.69) is 38.5 Å². The fourth-order valence-electron chi connectivity index (χ4n) is 7.03. The average Bonchev–Trinajstić information content (AvgIpc) is 3.65. The van der Waals surface area contributed by atoms with Gasteiger partial charge in [-0.3, -0.25) is 4.90 Å². The summed E-state index contributed by atoms with van der Waals surface area (Å²) < 4.78 is 24.9. The molecule has 1 saturated carbocycles. The second-order valence-corrected chi connectivity index (χ2v) is 11.8. The lowest BCUT2D eigenvalue weighted by Gasteiger charge is -2.38. The largest absolute Gasteiger partial charge is 0.472 e. The number of aryl methyl sites for hydroxylation is 2. The van der Waals surface area contributed by atoms with Crippen LogP contribution in [0.1, 0.15) is 49.9 Å². The number of aromatic nitrogens is 2. The molecule has 4 aliphatic rings. The minimum atomic E-state index is -0.895. The van der Waals surface area contributed by atoms with Gasteiger partial charge < -0.3 is 19.3 Å². The topological polar surface area (TPSA) is 94.6 Å². The van der Waals surface area contributed by atoms with Crippen LogP contribution in [0.4, 0.5) is 9.18 Å². The van der Waals surface area contributed by atoms with E-state index >= 15 is 4.39 Å². The van der Waals surface area contributed by atoms with Gasteiger partial charge in [0.05, 0.1) is 33.5 Å². The normalized spacial score (nSPS) is 25.6. The standard InChI is InChI=1S/C28H31BrFN5O3/c1-14-10-19-26(35(14)25-17-12-21(25)34(13-17)28(36)37)18-11-16(6-4-8-31)22(29)23(30)24(18)32-27(19)38-15(2)20-7-5-9-33(20)3/h10-11,15,17,20-21,25H,4-7,9,12-13H2,1-3H3,(H,36,37)/t15-,17+,20?,21+,25-/m0/s1. The Morgan fingerprint density at radius 2 is 2.18 bits per heavy atom. The van der Waals surface area contributed by atoms with Crippen LogP contribution in [0, 0.1) is 30.0 Å². The van der Waals surface area contributed by atoms with E-state index in [9.17, 15) is 9.90 Å². The first-order chi connectivity index (χ1) is 18.2. The van der Waals surface area contributed by atoms with Crippen molar-refractivity contribution < 1.29 is 19.0 Å². The van der Waals surface area contributed by atoms with Crippen molar-refractivity contribution in [3.63, 3.8) is 0 Å². The lowest BCUT2D eigenvalue weighted by molar-refractivity contribution is 0.118. The van der Waals surface area contributed by atoms with Gasteiger partial charge in [-0.05, 0) is 86.7 Å². The summed E-state index contributed by atoms with van der Waals surface area (Å²) in [6, 6.07) is 6.24. The Hall–Kier alpha value is -2.90. The molecule has 4 fully saturated rings. The quantitative estimate of drug-likeness (QED) is 0.403. The lowest BCUT2D eigenvalue weighted by Crippen LogP contribution is -2.42. The number of benzene rings is 1. The van der Waals surface area contributed by atoms with Crippen molar-refractivity contribution in [1.29, 1.82) is 5.26 Å². The number of likely N-dealkylation sites (N-methyl/N-ethyl adjacent to an activating group) is 1. The number of likely N-dealkylation sites (tertiary alicyclic amines) is 1. The first-order valence-corrected chi connectivity index (χ1v) is 14.1. The maximum Gasteiger partial charge on any atom is 0.407 e. The highest BCUT2D eigenvalue weighted by Crippen LogP contribution is 2.52. The lowest BCUT2D eigenvalue weighted by atomic mass is 9.79. The number of ether oxygens (including phenoxy) is 1. The maximum atomic E-state index is 15.9. The Bertz CT molecular complexity index is 1500. The molecule has 0 spiro atoms. The van der Waals surface area contributed by atoms with Crippen LogP contribution >= 0.6 is 15.9 Å². The minimum absolute atomic E-state index is 0.0188. The van der Waals surface area contributed by atoms with Crippen LogP contribution < -0.4 is 4.74 Å². The number of carboxylic acid groups (broad SMARTS) is 1. The van der Waals surface area contributed by atoms with E-state index in [0.29, 0.717) is 34.3 Å². The van der Waals surface area contributed by atoms with Gasteiger partial charge in [0.2, 0.25) is 5.88 Å². The summed E-state index contributed by atoms with van der Waals surface area (Å²) >= 11 is 3.41. The van der Waals surface area contributed by atoms with Crippen LogP contribution in [-0.4, -0.2) is 68.9 Å². The van der Waals surface area contributed by atoms with Crippen LogP contribution in [0.5, 0.6) is 5.88 Å². The summed E-state index contributed by atoms with van der Waals surface area (Å²) in [5.74, 6) is 0.142. The van der Waals surface area contributed by atoms with Gasteiger partial charge in [0, 0.05) is 36.0 Å². The zero-order chi connectivity index (χ0) is 26.9. The van der Waals surface area contributed by atoms with Crippen molar-refractivity contribution in [2.45, 2.75) is 70.2 Å². The average molecular weight is 584 g/mol. The molecule has 1 aromatic carbocycles. The molecule has 3 aliphatic heterocycles. The molecule has 1 unspecified atom stereocenters. The predicted molar refractivity (Wildman–Crippen MR) is 145 cm³/mol. The second-order valence-electron chi connectivity index (χ2n) is 11.1. The molecular weight excluding hydrogens is 553 g/mol. The molecule has 8 nitrogen and oxygen atoms in total. The molecule has 10 heteroatoms. The van der Waals surface area contributed by atoms with Crippen molar-refractivity contribution in [3.8, 4) is 11.9 Å². The summed E-state index contributed by atoms with van der Waals surface area (Å²) in [5.41, 5.74) is 2.72. The minimum Gasteiger partial charge on any atom is -0.472 e. The van der Waals surface area contributed by atoms with Gasteiger partial charge in [-0.1, -0.05) is 0 Å². The number of fused-ring (bicyclic) bond motifs is 4. The van der Waals surface area contributed by atoms with Crippen molar-refractivity contribution in [2.24, 2.45) is 5.92 Å². The van der Waals surface area contributed by atoms with Crippen LogP contribution in [0.15, 0.2) is 16.6 Å². The number of hydrogen-bond donors (Lipinski definition) is 1. The molecule has 2 bridgehead atoms. The van der Waals surface area contributed by atoms with Crippen molar-refractivity contribution in [2.75, 3.05) is 20.1 Å². The van der Waals surface area contributed by atoms with Crippen LogP contribution in [-0.2, 0) is 6.42 Å². The van der Waals surface area contributed by atoms with E-state index in [1.54, 1.807) is 0 Å². The Morgan fingerprint density at radius 1 is 1.39 bits per heavy atom. The van der Waals surface area contributed by atoms with Crippen molar-refractivity contribution >= 4 is 43.8 Å². The number of amides is 1. The Morgan fingerprint density at radius 3 is 2.84 bits per heavy atom. The van der Waals surface area contributed by atoms with Crippen LogP contribution in [0.2, 0.25) is 0 Å². The zero-order valence-corrected chi connectivity index (χ0v) is 23.3. The fourth-order valence-corrected chi connectivity index (χ4v) is 7.53. The van der Waals surface area contributed by atoms with Gasteiger partial charge >= 0.3 is 6.09 Å². The molecule has 0 radical (unpaired) electrons. The molecule has 7 rings (SSSR count). The number of rotatable bonds is 6. The van der Waals surface area contributed by atoms with Gasteiger partial charge in [-0.25, -0.2) is 14.2 Å². The molecule has 1 N–H and O–H groups in total. The van der Waals surface area contributed by atoms with E-state index in [0.717, 1.165) is 42.4 Å². The summed E-state index contributed by atoms with van der Waals surface area (Å²) in [6.45, 7) is 5.58. The molecule has 1 aliphatic carbocycles. The van der Waals surface area contributed by atoms with E-state index in [1.165, 1.54) is 4.90 Å². The Kier molecular flexibility index (Phi) is 6.27. The van der Waals surface area contributed by atoms with Gasteiger partial charge in [0.1, 0.15) is 11.6 Å². The number of nitrogens with zero attached hydrogens (tertiary/aromatic N) is 5. The molecule has 1 amide bonds. The molecular formula is C28H31BrFN5O3. The highest BCUT2D eigenvalue weighted by molar-refractivity contribution is 9.10. The number of halogens is 2.